The zero-order valence-corrected chi connectivity index (χ0v) is 11.4. The van der Waals surface area contributed by atoms with Crippen molar-refractivity contribution in [3.63, 3.8) is 0 Å². The Balaban J connectivity index is 1.98. The Labute approximate surface area is 110 Å². The van der Waals surface area contributed by atoms with Gasteiger partial charge in [0.1, 0.15) is 6.10 Å². The predicted octanol–water partition coefficient (Wildman–Crippen LogP) is 3.94. The summed E-state index contributed by atoms with van der Waals surface area (Å²) < 4.78 is 5.58. The lowest BCUT2D eigenvalue weighted by Crippen LogP contribution is -2.26. The fourth-order valence-corrected chi connectivity index (χ4v) is 2.84. The van der Waals surface area contributed by atoms with Crippen molar-refractivity contribution in [1.82, 2.24) is 0 Å². The first-order valence-electron chi connectivity index (χ1n) is 6.17. The molecule has 0 bridgehead atoms. The Morgan fingerprint density at radius 2 is 1.82 bits per heavy atom. The zero-order valence-electron chi connectivity index (χ0n) is 9.77. The van der Waals surface area contributed by atoms with Gasteiger partial charge in [-0.3, -0.25) is 0 Å². The van der Waals surface area contributed by atoms with E-state index in [1.807, 2.05) is 18.2 Å². The van der Waals surface area contributed by atoms with Crippen molar-refractivity contribution in [1.29, 1.82) is 0 Å². The summed E-state index contributed by atoms with van der Waals surface area (Å²) in [5.41, 5.74) is 0.636. The molecule has 1 saturated carbocycles. The highest BCUT2D eigenvalue weighted by atomic mass is 79.9. The highest BCUT2D eigenvalue weighted by Gasteiger charge is 2.25. The van der Waals surface area contributed by atoms with Crippen molar-refractivity contribution < 1.29 is 9.53 Å². The first kappa shape index (κ1) is 12.6. The molecule has 0 aromatic heterocycles. The summed E-state index contributed by atoms with van der Waals surface area (Å²) in [4.78, 5) is 12.2. The monoisotopic (exact) mass is 296 g/mol. The lowest BCUT2D eigenvalue weighted by Gasteiger charge is -2.20. The topological polar surface area (TPSA) is 26.3 Å². The van der Waals surface area contributed by atoms with Crippen LogP contribution in [0.4, 0.5) is 0 Å². The third-order valence-electron chi connectivity index (χ3n) is 3.14. The van der Waals surface area contributed by atoms with Crippen LogP contribution in [0.5, 0.6) is 0 Å². The maximum Gasteiger partial charge on any atom is 0.338 e. The fourth-order valence-electron chi connectivity index (χ4n) is 2.14. The molecule has 0 spiro atoms. The minimum absolute atomic E-state index is 0.0187. The number of alkyl halides is 1. The molecular formula is C14H17BrO2. The Morgan fingerprint density at radius 3 is 2.59 bits per heavy atom. The van der Waals surface area contributed by atoms with Gasteiger partial charge in [0.25, 0.3) is 0 Å². The summed E-state index contributed by atoms with van der Waals surface area (Å²) in [6, 6.07) is 9.20. The van der Waals surface area contributed by atoms with Crippen LogP contribution in [0.2, 0.25) is 0 Å². The second-order valence-corrected chi connectivity index (χ2v) is 5.64. The molecule has 0 radical (unpaired) electrons. The lowest BCUT2D eigenvalue weighted by atomic mass is 10.1. The summed E-state index contributed by atoms with van der Waals surface area (Å²) in [6.45, 7) is 0. The Bertz CT molecular complexity index is 364. The second-order valence-electron chi connectivity index (χ2n) is 4.46. The molecule has 0 N–H and O–H groups in total. The third-order valence-corrected chi connectivity index (χ3v) is 4.19. The Morgan fingerprint density at radius 1 is 1.12 bits per heavy atom. The molecule has 1 fully saturated rings. The summed E-state index contributed by atoms with van der Waals surface area (Å²) in [5.74, 6) is -0.207. The van der Waals surface area contributed by atoms with Crippen molar-refractivity contribution >= 4 is 21.9 Å². The highest BCUT2D eigenvalue weighted by Crippen LogP contribution is 2.26. The molecule has 1 aromatic carbocycles. The summed E-state index contributed by atoms with van der Waals surface area (Å²) in [5, 5.41) is 0. The molecule has 0 aliphatic heterocycles. The van der Waals surface area contributed by atoms with Gasteiger partial charge in [-0.15, -0.1) is 0 Å². The van der Waals surface area contributed by atoms with Gasteiger partial charge in [-0.2, -0.15) is 0 Å². The van der Waals surface area contributed by atoms with Gasteiger partial charge in [-0.1, -0.05) is 47.0 Å². The van der Waals surface area contributed by atoms with Crippen LogP contribution in [0.15, 0.2) is 30.3 Å². The van der Waals surface area contributed by atoms with E-state index < -0.39 is 0 Å². The van der Waals surface area contributed by atoms with Crippen LogP contribution in [0.25, 0.3) is 0 Å². The molecule has 2 nitrogen and oxygen atoms in total. The summed E-state index contributed by atoms with van der Waals surface area (Å²) in [6.07, 6.45) is 5.68. The van der Waals surface area contributed by atoms with Gasteiger partial charge in [0, 0.05) is 0 Å². The molecule has 1 aliphatic rings. The van der Waals surface area contributed by atoms with Crippen LogP contribution < -0.4 is 0 Å². The Kier molecular flexibility index (Phi) is 4.60. The number of benzene rings is 1. The molecule has 0 heterocycles. The second kappa shape index (κ2) is 6.20. The van der Waals surface area contributed by atoms with Crippen LogP contribution in [-0.2, 0) is 4.74 Å². The van der Waals surface area contributed by atoms with Crippen molar-refractivity contribution in [3.05, 3.63) is 35.9 Å². The first-order valence-corrected chi connectivity index (χ1v) is 7.09. The van der Waals surface area contributed by atoms with E-state index in [-0.39, 0.29) is 12.1 Å². The summed E-state index contributed by atoms with van der Waals surface area (Å²) in [7, 11) is 0. The summed E-state index contributed by atoms with van der Waals surface area (Å²) >= 11 is 3.63. The van der Waals surface area contributed by atoms with Crippen LogP contribution in [0.1, 0.15) is 42.5 Å². The van der Waals surface area contributed by atoms with Crippen molar-refractivity contribution in [2.24, 2.45) is 0 Å². The largest absolute Gasteiger partial charge is 0.458 e. The molecule has 17 heavy (non-hydrogen) atoms. The van der Waals surface area contributed by atoms with Gasteiger partial charge in [0.2, 0.25) is 0 Å². The van der Waals surface area contributed by atoms with Gasteiger partial charge >= 0.3 is 5.97 Å². The average Bonchev–Trinajstić information content (AvgIpc) is 2.56. The number of carbonyl (C=O) groups excluding carboxylic acids is 1. The van der Waals surface area contributed by atoms with E-state index in [0.29, 0.717) is 10.4 Å². The van der Waals surface area contributed by atoms with Crippen LogP contribution in [0, 0.1) is 0 Å². The molecular weight excluding hydrogens is 280 g/mol. The first-order chi connectivity index (χ1) is 8.27. The normalized spacial score (nSPS) is 25.0. The molecule has 1 aromatic rings. The maximum absolute atomic E-state index is 11.9. The average molecular weight is 297 g/mol. The van der Waals surface area contributed by atoms with E-state index in [1.165, 1.54) is 12.8 Å². The molecule has 0 unspecified atom stereocenters. The maximum atomic E-state index is 11.9. The Hall–Kier alpha value is -0.830. The van der Waals surface area contributed by atoms with E-state index >= 15 is 0 Å². The number of hydrogen-bond acceptors (Lipinski definition) is 2. The van der Waals surface area contributed by atoms with Gasteiger partial charge < -0.3 is 4.74 Å². The van der Waals surface area contributed by atoms with Crippen LogP contribution >= 0.6 is 15.9 Å². The zero-order chi connectivity index (χ0) is 12.1. The molecule has 2 atom stereocenters. The van der Waals surface area contributed by atoms with E-state index in [1.54, 1.807) is 12.1 Å². The minimum atomic E-state index is -0.207. The molecule has 2 rings (SSSR count). The molecule has 3 heteroatoms. The van der Waals surface area contributed by atoms with Gasteiger partial charge in [0.15, 0.2) is 0 Å². The minimum Gasteiger partial charge on any atom is -0.458 e. The number of esters is 1. The van der Waals surface area contributed by atoms with E-state index in [4.69, 9.17) is 4.74 Å². The van der Waals surface area contributed by atoms with Crippen molar-refractivity contribution in [3.8, 4) is 0 Å². The SMILES string of the molecule is O=C(O[C@H]1CCCCC[C@@H]1Br)c1ccccc1. The van der Waals surface area contributed by atoms with Crippen LogP contribution in [-0.4, -0.2) is 16.9 Å². The fraction of sp³-hybridized carbons (Fsp3) is 0.500. The van der Waals surface area contributed by atoms with E-state index in [2.05, 4.69) is 15.9 Å². The van der Waals surface area contributed by atoms with E-state index in [0.717, 1.165) is 19.3 Å². The number of rotatable bonds is 2. The number of halogens is 1. The standard InChI is InChI=1S/C14H17BrO2/c15-12-9-5-2-6-10-13(12)17-14(16)11-7-3-1-4-8-11/h1,3-4,7-8,12-13H,2,5-6,9-10H2/t12-,13-/m0/s1. The smallest absolute Gasteiger partial charge is 0.338 e. The van der Waals surface area contributed by atoms with Gasteiger partial charge in [-0.25, -0.2) is 4.79 Å². The third kappa shape index (κ3) is 3.56. The molecule has 0 amide bonds. The lowest BCUT2D eigenvalue weighted by molar-refractivity contribution is 0.0285. The number of ether oxygens (including phenoxy) is 1. The van der Waals surface area contributed by atoms with Crippen LogP contribution in [0.3, 0.4) is 0 Å². The van der Waals surface area contributed by atoms with Crippen molar-refractivity contribution in [2.45, 2.75) is 43.0 Å². The quantitative estimate of drug-likeness (QED) is 0.469. The van der Waals surface area contributed by atoms with E-state index in [9.17, 15) is 4.79 Å². The molecule has 92 valence electrons. The van der Waals surface area contributed by atoms with Crippen molar-refractivity contribution in [2.75, 3.05) is 0 Å². The molecule has 1 aliphatic carbocycles. The predicted molar refractivity (Wildman–Crippen MR) is 71.4 cm³/mol. The highest BCUT2D eigenvalue weighted by molar-refractivity contribution is 9.09. The number of carbonyl (C=O) groups is 1. The number of hydrogen-bond donors (Lipinski definition) is 0. The van der Waals surface area contributed by atoms with Gasteiger partial charge in [0.05, 0.1) is 10.4 Å². The van der Waals surface area contributed by atoms with Gasteiger partial charge in [-0.05, 0) is 31.4 Å². The molecule has 0 saturated heterocycles.